The van der Waals surface area contributed by atoms with Crippen LogP contribution in [-0.2, 0) is 12.8 Å². The van der Waals surface area contributed by atoms with Crippen LogP contribution in [0.5, 0.6) is 0 Å². The fourth-order valence-corrected chi connectivity index (χ4v) is 3.76. The summed E-state index contributed by atoms with van der Waals surface area (Å²) < 4.78 is 1.76. The van der Waals surface area contributed by atoms with Gasteiger partial charge in [-0.1, -0.05) is 12.8 Å². The smallest absolute Gasteiger partial charge is 0.144 e. The van der Waals surface area contributed by atoms with E-state index in [0.29, 0.717) is 5.82 Å². The number of aromatic nitrogens is 4. The quantitative estimate of drug-likeness (QED) is 0.652. The van der Waals surface area contributed by atoms with Crippen molar-refractivity contribution in [3.8, 4) is 11.3 Å². The molecule has 0 bridgehead atoms. The zero-order valence-electron chi connectivity index (χ0n) is 12.1. The van der Waals surface area contributed by atoms with Gasteiger partial charge in [-0.15, -0.1) is 0 Å². The fourth-order valence-electron chi connectivity index (χ4n) is 2.58. The maximum absolute atomic E-state index is 5.52. The van der Waals surface area contributed by atoms with Gasteiger partial charge in [0.05, 0.1) is 17.6 Å². The molecule has 0 unspecified atom stereocenters. The van der Waals surface area contributed by atoms with E-state index < -0.39 is 0 Å². The van der Waals surface area contributed by atoms with Crippen molar-refractivity contribution in [2.75, 3.05) is 5.43 Å². The number of nitrogens with zero attached hydrogens (tertiary/aromatic N) is 4. The normalized spacial score (nSPS) is 15.5. The lowest BCUT2D eigenvalue weighted by Gasteiger charge is -2.10. The molecule has 0 spiro atoms. The van der Waals surface area contributed by atoms with Crippen LogP contribution in [0.4, 0.5) is 5.82 Å². The largest absolute Gasteiger partial charge is 0.308 e. The monoisotopic (exact) mass is 304 g/mol. The molecule has 1 fully saturated rings. The second-order valence-electron chi connectivity index (χ2n) is 5.32. The molecular formula is C14H20N6S. The third-order valence-corrected chi connectivity index (χ3v) is 5.04. The van der Waals surface area contributed by atoms with Gasteiger partial charge < -0.3 is 5.43 Å². The summed E-state index contributed by atoms with van der Waals surface area (Å²) in [6, 6.07) is 1.85. The average molecular weight is 304 g/mol. The predicted octanol–water partition coefficient (Wildman–Crippen LogP) is 2.34. The van der Waals surface area contributed by atoms with Gasteiger partial charge in [0.1, 0.15) is 11.6 Å². The summed E-state index contributed by atoms with van der Waals surface area (Å²) in [6.07, 6.45) is 9.07. The highest BCUT2D eigenvalue weighted by Crippen LogP contribution is 2.31. The molecule has 3 rings (SSSR count). The second-order valence-corrected chi connectivity index (χ2v) is 6.61. The van der Waals surface area contributed by atoms with E-state index in [9.17, 15) is 0 Å². The van der Waals surface area contributed by atoms with Crippen molar-refractivity contribution in [3.63, 3.8) is 0 Å². The van der Waals surface area contributed by atoms with Crippen LogP contribution in [0.15, 0.2) is 18.5 Å². The number of rotatable bonds is 5. The Morgan fingerprint density at radius 3 is 2.86 bits per heavy atom. The van der Waals surface area contributed by atoms with Crippen molar-refractivity contribution in [1.82, 2.24) is 19.7 Å². The minimum Gasteiger partial charge on any atom is -0.308 e. The first-order chi connectivity index (χ1) is 10.2. The number of hydrogen-bond acceptors (Lipinski definition) is 6. The van der Waals surface area contributed by atoms with Crippen molar-refractivity contribution in [2.45, 2.75) is 36.7 Å². The van der Waals surface area contributed by atoms with Crippen molar-refractivity contribution in [2.24, 2.45) is 12.9 Å². The number of hydrogen-bond donors (Lipinski definition) is 2. The van der Waals surface area contributed by atoms with Crippen LogP contribution in [0.3, 0.4) is 0 Å². The topological polar surface area (TPSA) is 81.7 Å². The van der Waals surface area contributed by atoms with Gasteiger partial charge in [-0.05, 0) is 12.8 Å². The predicted molar refractivity (Wildman–Crippen MR) is 85.6 cm³/mol. The molecule has 21 heavy (non-hydrogen) atoms. The van der Waals surface area contributed by atoms with E-state index in [2.05, 4.69) is 20.5 Å². The lowest BCUT2D eigenvalue weighted by atomic mass is 10.2. The molecule has 0 radical (unpaired) electrons. The maximum atomic E-state index is 5.52. The molecular weight excluding hydrogens is 284 g/mol. The van der Waals surface area contributed by atoms with Crippen molar-refractivity contribution < 1.29 is 0 Å². The number of nitrogens with one attached hydrogen (secondary N) is 1. The Labute approximate surface area is 128 Å². The number of hydrazine groups is 1. The van der Waals surface area contributed by atoms with E-state index in [1.54, 1.807) is 10.9 Å². The molecule has 112 valence electrons. The Hall–Kier alpha value is -1.60. The molecule has 6 nitrogen and oxygen atoms in total. The van der Waals surface area contributed by atoms with Crippen LogP contribution in [0.2, 0.25) is 0 Å². The van der Waals surface area contributed by atoms with Gasteiger partial charge in [-0.3, -0.25) is 4.68 Å². The minimum atomic E-state index is 0.644. The Kier molecular flexibility index (Phi) is 4.40. The molecule has 0 aliphatic heterocycles. The molecule has 1 saturated carbocycles. The summed E-state index contributed by atoms with van der Waals surface area (Å²) in [5.41, 5.74) is 4.45. The van der Waals surface area contributed by atoms with E-state index in [1.807, 2.05) is 31.1 Å². The number of aryl methyl sites for hydroxylation is 1. The first-order valence-corrected chi connectivity index (χ1v) is 8.24. The molecule has 2 heterocycles. The van der Waals surface area contributed by atoms with Gasteiger partial charge in [0.15, 0.2) is 0 Å². The van der Waals surface area contributed by atoms with Crippen molar-refractivity contribution in [1.29, 1.82) is 0 Å². The lowest BCUT2D eigenvalue weighted by Crippen LogP contribution is -2.11. The van der Waals surface area contributed by atoms with Crippen LogP contribution in [0.25, 0.3) is 11.3 Å². The summed E-state index contributed by atoms with van der Waals surface area (Å²) in [5.74, 6) is 7.81. The van der Waals surface area contributed by atoms with E-state index in [1.165, 1.54) is 25.7 Å². The van der Waals surface area contributed by atoms with Crippen molar-refractivity contribution >= 4 is 17.6 Å². The van der Waals surface area contributed by atoms with E-state index in [-0.39, 0.29) is 0 Å². The highest BCUT2D eigenvalue weighted by atomic mass is 32.2. The summed E-state index contributed by atoms with van der Waals surface area (Å²) in [7, 11) is 1.89. The molecule has 7 heteroatoms. The summed E-state index contributed by atoms with van der Waals surface area (Å²) in [4.78, 5) is 9.09. The van der Waals surface area contributed by atoms with Crippen LogP contribution >= 0.6 is 11.8 Å². The minimum absolute atomic E-state index is 0.644. The Balaban J connectivity index is 1.79. The third-order valence-electron chi connectivity index (χ3n) is 3.67. The Morgan fingerprint density at radius 2 is 2.19 bits per heavy atom. The molecule has 0 aromatic carbocycles. The standard InChI is InChI=1S/C14H20N6S/c1-20-8-10(7-16-20)12-6-13(19-15)18-14(17-12)9-21-11-4-2-3-5-11/h6-8,11H,2-5,9,15H2,1H3,(H,17,18,19). The van der Waals surface area contributed by atoms with Gasteiger partial charge >= 0.3 is 0 Å². The molecule has 0 saturated heterocycles. The van der Waals surface area contributed by atoms with Crippen molar-refractivity contribution in [3.05, 3.63) is 24.3 Å². The van der Waals surface area contributed by atoms with E-state index >= 15 is 0 Å². The molecule has 0 amide bonds. The Bertz CT molecular complexity index is 605. The summed E-state index contributed by atoms with van der Waals surface area (Å²) >= 11 is 1.95. The maximum Gasteiger partial charge on any atom is 0.144 e. The number of nitrogen functional groups attached to an aromatic ring is 1. The SMILES string of the molecule is Cn1cc(-c2cc(NN)nc(CSC3CCCC3)n2)cn1. The van der Waals surface area contributed by atoms with Crippen LogP contribution in [-0.4, -0.2) is 25.0 Å². The van der Waals surface area contributed by atoms with Gasteiger partial charge in [-0.2, -0.15) is 16.9 Å². The zero-order chi connectivity index (χ0) is 14.7. The van der Waals surface area contributed by atoms with Crippen LogP contribution in [0, 0.1) is 0 Å². The number of nitrogens with two attached hydrogens (primary N) is 1. The van der Waals surface area contributed by atoms with Crippen LogP contribution < -0.4 is 11.3 Å². The number of anilines is 1. The lowest BCUT2D eigenvalue weighted by molar-refractivity contribution is 0.768. The molecule has 1 aliphatic carbocycles. The zero-order valence-corrected chi connectivity index (χ0v) is 12.9. The second kappa shape index (κ2) is 6.44. The first kappa shape index (κ1) is 14.3. The van der Waals surface area contributed by atoms with E-state index in [4.69, 9.17) is 5.84 Å². The highest BCUT2D eigenvalue weighted by molar-refractivity contribution is 7.99. The van der Waals surface area contributed by atoms with Gasteiger partial charge in [0.25, 0.3) is 0 Å². The Morgan fingerprint density at radius 1 is 1.38 bits per heavy atom. The summed E-state index contributed by atoms with van der Waals surface area (Å²) in [5, 5.41) is 4.94. The van der Waals surface area contributed by atoms with Gasteiger partial charge in [-0.25, -0.2) is 15.8 Å². The van der Waals surface area contributed by atoms with Crippen LogP contribution in [0.1, 0.15) is 31.5 Å². The van der Waals surface area contributed by atoms with E-state index in [0.717, 1.165) is 28.1 Å². The third kappa shape index (κ3) is 3.54. The summed E-state index contributed by atoms with van der Waals surface area (Å²) in [6.45, 7) is 0. The van der Waals surface area contributed by atoms with Gasteiger partial charge in [0, 0.05) is 30.1 Å². The number of thioether (sulfide) groups is 1. The molecule has 2 aromatic heterocycles. The highest BCUT2D eigenvalue weighted by Gasteiger charge is 2.16. The average Bonchev–Trinajstić information content (AvgIpc) is 3.16. The molecule has 3 N–H and O–H groups in total. The molecule has 0 atom stereocenters. The van der Waals surface area contributed by atoms with Gasteiger partial charge in [0.2, 0.25) is 0 Å². The first-order valence-electron chi connectivity index (χ1n) is 7.20. The molecule has 2 aromatic rings. The fraction of sp³-hybridized carbons (Fsp3) is 0.500. The molecule has 1 aliphatic rings.